The van der Waals surface area contributed by atoms with Gasteiger partial charge in [0.2, 0.25) is 0 Å². The third-order valence-corrected chi connectivity index (χ3v) is 11.3. The van der Waals surface area contributed by atoms with Crippen molar-refractivity contribution >= 4 is 0 Å². The SMILES string of the molecule is CC.CC.CC(O)O.CC(O)O.CC(O)O.CCC.O.O.OC(CN(Cc1ccccn1)Cc1ccccn1)CN(Cc1ccccn1)Cc1ccccn1.O[C@@H](CC[N-]Cc1ccccn1)C[N-]Cc1ccccn1.O[C@H](CC[N-]Cc1ccccn1)C[N-]Cc1ccccn1.[Cu+].[Cu+].[Cu+].[Cu+].[HH].[HH].[Zn].[Zn]. The number of aliphatic hydroxyl groups is 9. The average Bonchev–Trinajstić information content (AvgIpc) is 0.877. The molecule has 8 aromatic rings. The van der Waals surface area contributed by atoms with E-state index < -0.39 is 37.2 Å². The van der Waals surface area contributed by atoms with Crippen molar-refractivity contribution in [1.29, 1.82) is 0 Å². The van der Waals surface area contributed by atoms with Gasteiger partial charge in [0, 0.05) is 166 Å². The number of pyridine rings is 8. The smallest absolute Gasteiger partial charge is 0.657 e. The molecule has 31 heteroatoms. The zero-order valence-electron chi connectivity index (χ0n) is 60.9. The Kier molecular flexibility index (Phi) is 95.0. The number of hydrogen-bond acceptors (Lipinski definition) is 19. The van der Waals surface area contributed by atoms with Gasteiger partial charge in [-0.1, -0.05) is 96.5 Å². The van der Waals surface area contributed by atoms with Crippen LogP contribution in [0.25, 0.3) is 21.3 Å². The van der Waals surface area contributed by atoms with E-state index in [1.807, 2.05) is 173 Å². The molecule has 13 N–H and O–H groups in total. The summed E-state index contributed by atoms with van der Waals surface area (Å²) in [4.78, 5) is 39.0. The molecular weight excluding hydrogens is 1620 g/mol. The van der Waals surface area contributed by atoms with Gasteiger partial charge in [0.1, 0.15) is 18.9 Å². The Bertz CT molecular complexity index is 2600. The molecule has 2 atom stereocenters. The second kappa shape index (κ2) is 83.5. The number of hydrogen-bond donors (Lipinski definition) is 9. The van der Waals surface area contributed by atoms with Gasteiger partial charge in [-0.05, 0) is 131 Å². The molecule has 588 valence electrons. The zero-order valence-corrected chi connectivity index (χ0v) is 70.6. The molecule has 0 bridgehead atoms. The predicted octanol–water partition coefficient (Wildman–Crippen LogP) is 8.93. The Morgan fingerprint density at radius 3 is 0.670 bits per heavy atom. The van der Waals surface area contributed by atoms with Crippen LogP contribution in [0.3, 0.4) is 0 Å². The topological polar surface area (TPSA) is 411 Å². The van der Waals surface area contributed by atoms with Crippen molar-refractivity contribution in [3.63, 3.8) is 0 Å². The number of aliphatic hydroxyl groups excluding tert-OH is 6. The molecule has 0 unspecified atom stereocenters. The van der Waals surface area contributed by atoms with Crippen molar-refractivity contribution < 1.29 is 167 Å². The van der Waals surface area contributed by atoms with E-state index in [0.717, 1.165) is 45.6 Å². The maximum atomic E-state index is 11.1. The minimum atomic E-state index is -1.17. The van der Waals surface area contributed by atoms with Crippen molar-refractivity contribution in [2.75, 3.05) is 39.3 Å². The van der Waals surface area contributed by atoms with Crippen LogP contribution in [0.2, 0.25) is 0 Å². The maximum Gasteiger partial charge on any atom is 1.00 e. The Balaban J connectivity index is -0.000000123. The van der Waals surface area contributed by atoms with Crippen LogP contribution in [-0.4, -0.2) is 183 Å². The van der Waals surface area contributed by atoms with Gasteiger partial charge in [0.05, 0.1) is 28.9 Å². The summed E-state index contributed by atoms with van der Waals surface area (Å²) in [5.74, 6) is 0. The minimum absolute atomic E-state index is 0. The molecule has 25 nitrogen and oxygen atoms in total. The summed E-state index contributed by atoms with van der Waals surface area (Å²) in [6.45, 7) is 24.0. The van der Waals surface area contributed by atoms with E-state index in [1.165, 1.54) is 27.2 Å². The van der Waals surface area contributed by atoms with Gasteiger partial charge in [-0.3, -0.25) is 49.7 Å². The molecular formula is C72H116Cu4N14O11Zn2. The van der Waals surface area contributed by atoms with Gasteiger partial charge in [-0.25, -0.2) is 0 Å². The van der Waals surface area contributed by atoms with Gasteiger partial charge in [-0.2, -0.15) is 0 Å². The van der Waals surface area contributed by atoms with Crippen molar-refractivity contribution in [2.45, 2.75) is 171 Å². The second-order valence-electron chi connectivity index (χ2n) is 20.4. The van der Waals surface area contributed by atoms with E-state index >= 15 is 0 Å². The van der Waals surface area contributed by atoms with E-state index in [4.69, 9.17) is 30.6 Å². The number of nitrogens with zero attached hydrogens (tertiary/aromatic N) is 14. The van der Waals surface area contributed by atoms with E-state index in [1.54, 1.807) is 49.6 Å². The van der Waals surface area contributed by atoms with Crippen LogP contribution in [0.15, 0.2) is 195 Å². The first-order valence-electron chi connectivity index (χ1n) is 32.3. The van der Waals surface area contributed by atoms with Crippen molar-refractivity contribution in [3.8, 4) is 0 Å². The molecule has 0 aromatic carbocycles. The van der Waals surface area contributed by atoms with Crippen LogP contribution in [0.5, 0.6) is 0 Å². The predicted molar refractivity (Wildman–Crippen MR) is 389 cm³/mol. The first kappa shape index (κ1) is 117. The molecule has 8 heterocycles. The summed E-state index contributed by atoms with van der Waals surface area (Å²) in [6.07, 6.45) is 11.7. The quantitative estimate of drug-likeness (QED) is 0.0115. The first-order chi connectivity index (χ1) is 46.0. The summed E-state index contributed by atoms with van der Waals surface area (Å²) in [6, 6.07) is 46.7. The molecule has 0 aliphatic carbocycles. The van der Waals surface area contributed by atoms with Gasteiger partial charge < -0.3 is 78.2 Å². The molecule has 0 spiro atoms. The molecule has 0 aliphatic rings. The summed E-state index contributed by atoms with van der Waals surface area (Å²) < 4.78 is 0. The second-order valence-corrected chi connectivity index (χ2v) is 20.4. The van der Waals surface area contributed by atoms with E-state index in [9.17, 15) is 15.3 Å². The fraction of sp³-hybridized carbons (Fsp3) is 0.444. The van der Waals surface area contributed by atoms with Crippen molar-refractivity contribution in [1.82, 2.24) is 49.7 Å². The Morgan fingerprint density at radius 1 is 0.320 bits per heavy atom. The Hall–Kier alpha value is -4.16. The van der Waals surface area contributed by atoms with Crippen LogP contribution in [0.1, 0.15) is 130 Å². The van der Waals surface area contributed by atoms with E-state index in [2.05, 4.69) is 84.8 Å². The number of aromatic nitrogens is 8. The van der Waals surface area contributed by atoms with Crippen molar-refractivity contribution in [3.05, 3.63) is 262 Å². The Morgan fingerprint density at radius 2 is 0.495 bits per heavy atom. The third kappa shape index (κ3) is 74.5. The molecule has 0 fully saturated rings. The fourth-order valence-electron chi connectivity index (χ4n) is 7.58. The molecule has 0 saturated carbocycles. The van der Waals surface area contributed by atoms with Gasteiger partial charge in [0.25, 0.3) is 0 Å². The largest absolute Gasteiger partial charge is 1.00 e. The molecule has 0 radical (unpaired) electrons. The standard InChI is InChI=1S/C27H30N6O.2C16H20N4O.C3H8.3C2H6O2.2C2H6.4Cu.2H2O.2Zn.2H2/c34-27(21-32(17-23-9-1-5-13-28-23)18-24-10-2-6-14-29-24)22-33(19-25-11-3-7-15-30-25)20-26-12-4-8-16-31-26;2*21-16(13-18-12-15-6-2-4-9-20-15)7-10-17-11-14-5-1-3-8-19-14;1-3-2;3*1-2(3)4;2*1-2;;;;;;;;;;/h1-16,27,34H,17-22H2;2*1-6,8-9,16,21H,7,10-13H2;3H2,1-2H3;3*2-4H,1H3;2*1-2H3;;;;;2*1H2;;;2*1H/q;2*-2;;;;;;;4*+1;;;;;;/t;2*16-;;;;;;;;;;;;;;;;/m.10................/s1. The Labute approximate surface area is 683 Å². The molecule has 103 heavy (non-hydrogen) atoms. The number of rotatable bonds is 30. The van der Waals surface area contributed by atoms with Crippen LogP contribution in [0.4, 0.5) is 0 Å². The maximum absolute atomic E-state index is 11.1. The molecule has 8 rings (SSSR count). The molecule has 0 amide bonds. The summed E-state index contributed by atoms with van der Waals surface area (Å²) in [7, 11) is 0. The molecule has 0 saturated heterocycles. The van der Waals surface area contributed by atoms with Gasteiger partial charge in [0.15, 0.2) is 0 Å². The van der Waals surface area contributed by atoms with E-state index in [-0.39, 0.29) is 121 Å². The van der Waals surface area contributed by atoms with Crippen LogP contribution in [0, 0.1) is 0 Å². The van der Waals surface area contributed by atoms with Gasteiger partial charge in [-0.15, -0.1) is 52.4 Å². The summed E-state index contributed by atoms with van der Waals surface area (Å²) in [5, 5.41) is 93.8. The molecule has 8 aromatic heterocycles. The summed E-state index contributed by atoms with van der Waals surface area (Å²) in [5.41, 5.74) is 7.59. The monoisotopic (exact) mass is 1730 g/mol. The minimum Gasteiger partial charge on any atom is -0.657 e. The first-order valence-corrected chi connectivity index (χ1v) is 32.3. The fourth-order valence-corrected chi connectivity index (χ4v) is 7.58. The zero-order chi connectivity index (χ0) is 70.4. The average molecular weight is 1740 g/mol. The van der Waals surface area contributed by atoms with Crippen LogP contribution in [-0.2, 0) is 160 Å². The van der Waals surface area contributed by atoms with Gasteiger partial charge >= 0.3 is 68.3 Å². The molecule has 0 aliphatic heterocycles. The van der Waals surface area contributed by atoms with Crippen LogP contribution >= 0.6 is 0 Å². The third-order valence-electron chi connectivity index (χ3n) is 11.3. The van der Waals surface area contributed by atoms with E-state index in [0.29, 0.717) is 104 Å². The van der Waals surface area contributed by atoms with Crippen LogP contribution < -0.4 is 0 Å². The normalized spacial score (nSPS) is 10.1. The summed E-state index contributed by atoms with van der Waals surface area (Å²) >= 11 is 0. The van der Waals surface area contributed by atoms with Crippen molar-refractivity contribution in [2.24, 2.45) is 0 Å².